The van der Waals surface area contributed by atoms with Crippen molar-refractivity contribution in [2.24, 2.45) is 0 Å². The molecule has 8 heteroatoms. The van der Waals surface area contributed by atoms with Crippen LogP contribution in [0.1, 0.15) is 24.0 Å². The van der Waals surface area contributed by atoms with E-state index in [1.54, 1.807) is 12.5 Å². The number of anilines is 2. The van der Waals surface area contributed by atoms with Crippen molar-refractivity contribution in [3.63, 3.8) is 0 Å². The number of para-hydroxylation sites is 1. The number of hydrogen-bond acceptors (Lipinski definition) is 5. The number of aryl methyl sites for hydroxylation is 2. The smallest absolute Gasteiger partial charge is 0.173 e. The van der Waals surface area contributed by atoms with Crippen LogP contribution in [0.3, 0.4) is 0 Å². The van der Waals surface area contributed by atoms with Crippen LogP contribution in [0.15, 0.2) is 30.7 Å². The number of nitrogens with one attached hydrogen (secondary N) is 3. The van der Waals surface area contributed by atoms with E-state index in [2.05, 4.69) is 67.7 Å². The molecule has 1 saturated heterocycles. The number of aromatic nitrogens is 4. The first kappa shape index (κ1) is 17.7. The maximum absolute atomic E-state index is 5.66. The maximum atomic E-state index is 5.66. The minimum Gasteiger partial charge on any atom is -0.366 e. The molecule has 0 unspecified atom stereocenters. The number of likely N-dealkylation sites (tertiary alicyclic amines) is 1. The Morgan fingerprint density at radius 1 is 1.19 bits per heavy atom. The average molecular weight is 382 g/mol. The molecule has 2 aromatic heterocycles. The average Bonchev–Trinajstić information content (AvgIpc) is 3.15. The minimum atomic E-state index is 0.359. The Balaban J connectivity index is 1.36. The Morgan fingerprint density at radius 2 is 1.93 bits per heavy atom. The van der Waals surface area contributed by atoms with Crippen LogP contribution in [0.4, 0.5) is 11.5 Å². The van der Waals surface area contributed by atoms with Gasteiger partial charge in [0.15, 0.2) is 10.8 Å². The summed E-state index contributed by atoms with van der Waals surface area (Å²) in [5.41, 5.74) is 4.29. The number of fused-ring (bicyclic) bond motifs is 1. The lowest BCUT2D eigenvalue weighted by Crippen LogP contribution is -2.44. The summed E-state index contributed by atoms with van der Waals surface area (Å²) in [5.74, 6) is 0.837. The Labute approximate surface area is 163 Å². The SMILES string of the molecule is Cc1cccc(C)c1NC(=S)N1CCC(Nc2ncnc3[nH]ncc23)CC1. The summed E-state index contributed by atoms with van der Waals surface area (Å²) >= 11 is 5.66. The number of piperidine rings is 1. The van der Waals surface area contributed by atoms with E-state index >= 15 is 0 Å². The van der Waals surface area contributed by atoms with E-state index in [4.69, 9.17) is 12.2 Å². The molecular formula is C19H23N7S. The molecule has 27 heavy (non-hydrogen) atoms. The van der Waals surface area contributed by atoms with Crippen molar-refractivity contribution in [2.75, 3.05) is 23.7 Å². The summed E-state index contributed by atoms with van der Waals surface area (Å²) < 4.78 is 0. The van der Waals surface area contributed by atoms with Crippen molar-refractivity contribution < 1.29 is 0 Å². The van der Waals surface area contributed by atoms with Crippen LogP contribution in [0.5, 0.6) is 0 Å². The molecule has 0 spiro atoms. The standard InChI is InChI=1S/C19H23N7S/c1-12-4-3-5-13(2)16(12)24-19(27)26-8-6-14(7-9-26)23-17-15-10-22-25-18(15)21-11-20-17/h3-5,10-11,14H,6-9H2,1-2H3,(H,24,27)(H2,20,21,22,23,25). The topological polar surface area (TPSA) is 81.8 Å². The molecule has 0 aliphatic carbocycles. The largest absolute Gasteiger partial charge is 0.366 e. The molecule has 1 aromatic carbocycles. The summed E-state index contributed by atoms with van der Waals surface area (Å²) in [7, 11) is 0. The predicted molar refractivity (Wildman–Crippen MR) is 112 cm³/mol. The van der Waals surface area contributed by atoms with E-state index in [0.717, 1.165) is 53.6 Å². The number of thiocarbonyl (C=S) groups is 1. The van der Waals surface area contributed by atoms with Gasteiger partial charge in [0, 0.05) is 24.8 Å². The second-order valence-corrected chi connectivity index (χ2v) is 7.34. The Hall–Kier alpha value is -2.74. The molecule has 1 aliphatic heterocycles. The molecule has 0 atom stereocenters. The van der Waals surface area contributed by atoms with Gasteiger partial charge in [-0.15, -0.1) is 0 Å². The van der Waals surface area contributed by atoms with Crippen molar-refractivity contribution >= 4 is 39.9 Å². The lowest BCUT2D eigenvalue weighted by atomic mass is 10.1. The molecule has 0 amide bonds. The highest BCUT2D eigenvalue weighted by atomic mass is 32.1. The minimum absolute atomic E-state index is 0.359. The zero-order valence-corrected chi connectivity index (χ0v) is 16.3. The third-order valence-electron chi connectivity index (χ3n) is 5.08. The molecule has 140 valence electrons. The van der Waals surface area contributed by atoms with Gasteiger partial charge in [0.2, 0.25) is 0 Å². The fraction of sp³-hybridized carbons (Fsp3) is 0.368. The lowest BCUT2D eigenvalue weighted by Gasteiger charge is -2.34. The van der Waals surface area contributed by atoms with Crippen LogP contribution in [0, 0.1) is 13.8 Å². The number of hydrogen-bond donors (Lipinski definition) is 3. The number of aromatic amines is 1. The maximum Gasteiger partial charge on any atom is 0.173 e. The summed E-state index contributed by atoms with van der Waals surface area (Å²) in [6.45, 7) is 6.03. The van der Waals surface area contributed by atoms with Crippen LogP contribution in [-0.4, -0.2) is 49.3 Å². The first-order valence-electron chi connectivity index (χ1n) is 9.14. The van der Waals surface area contributed by atoms with Gasteiger partial charge in [0.25, 0.3) is 0 Å². The molecule has 3 N–H and O–H groups in total. The van der Waals surface area contributed by atoms with Crippen molar-refractivity contribution in [1.29, 1.82) is 0 Å². The van der Waals surface area contributed by atoms with Gasteiger partial charge in [-0.25, -0.2) is 9.97 Å². The fourth-order valence-electron chi connectivity index (χ4n) is 3.50. The van der Waals surface area contributed by atoms with Crippen molar-refractivity contribution in [2.45, 2.75) is 32.7 Å². The number of nitrogens with zero attached hydrogens (tertiary/aromatic N) is 4. The Morgan fingerprint density at radius 3 is 2.67 bits per heavy atom. The van der Waals surface area contributed by atoms with Crippen LogP contribution in [-0.2, 0) is 0 Å². The van der Waals surface area contributed by atoms with E-state index in [-0.39, 0.29) is 0 Å². The van der Waals surface area contributed by atoms with Crippen LogP contribution >= 0.6 is 12.2 Å². The van der Waals surface area contributed by atoms with Gasteiger partial charge in [-0.1, -0.05) is 18.2 Å². The van der Waals surface area contributed by atoms with Gasteiger partial charge in [0.1, 0.15) is 12.1 Å². The highest BCUT2D eigenvalue weighted by molar-refractivity contribution is 7.80. The molecule has 0 bridgehead atoms. The molecule has 7 nitrogen and oxygen atoms in total. The summed E-state index contributed by atoms with van der Waals surface area (Å²) in [5, 5.41) is 15.6. The number of rotatable bonds is 3. The van der Waals surface area contributed by atoms with Gasteiger partial charge in [0.05, 0.1) is 11.6 Å². The zero-order valence-electron chi connectivity index (χ0n) is 15.5. The number of H-pyrrole nitrogens is 1. The third-order valence-corrected chi connectivity index (χ3v) is 5.44. The Bertz CT molecular complexity index is 939. The van der Waals surface area contributed by atoms with E-state index < -0.39 is 0 Å². The van der Waals surface area contributed by atoms with E-state index in [1.165, 1.54) is 11.1 Å². The number of benzene rings is 1. The third kappa shape index (κ3) is 3.71. The molecule has 3 heterocycles. The normalized spacial score (nSPS) is 15.1. The molecule has 1 fully saturated rings. The van der Waals surface area contributed by atoms with Gasteiger partial charge in [-0.3, -0.25) is 5.10 Å². The first-order valence-corrected chi connectivity index (χ1v) is 9.55. The van der Waals surface area contributed by atoms with E-state index in [9.17, 15) is 0 Å². The van der Waals surface area contributed by atoms with Gasteiger partial charge >= 0.3 is 0 Å². The van der Waals surface area contributed by atoms with Crippen LogP contribution < -0.4 is 10.6 Å². The Kier molecular flexibility index (Phi) is 4.89. The lowest BCUT2D eigenvalue weighted by molar-refractivity contribution is 0.327. The monoisotopic (exact) mass is 381 g/mol. The fourth-order valence-corrected chi connectivity index (χ4v) is 3.78. The summed E-state index contributed by atoms with van der Waals surface area (Å²) in [6.07, 6.45) is 5.31. The molecule has 4 rings (SSSR count). The van der Waals surface area contributed by atoms with Crippen LogP contribution in [0.25, 0.3) is 11.0 Å². The molecule has 1 aliphatic rings. The van der Waals surface area contributed by atoms with Crippen LogP contribution in [0.2, 0.25) is 0 Å². The van der Waals surface area contributed by atoms with E-state index in [0.29, 0.717) is 6.04 Å². The second-order valence-electron chi connectivity index (χ2n) is 6.96. The van der Waals surface area contributed by atoms with Crippen molar-refractivity contribution in [3.8, 4) is 0 Å². The summed E-state index contributed by atoms with van der Waals surface area (Å²) in [4.78, 5) is 10.8. The zero-order chi connectivity index (χ0) is 18.8. The van der Waals surface area contributed by atoms with Gasteiger partial charge in [-0.05, 0) is 50.0 Å². The van der Waals surface area contributed by atoms with Gasteiger partial charge in [-0.2, -0.15) is 5.10 Å². The molecule has 0 saturated carbocycles. The molecule has 0 radical (unpaired) electrons. The molecular weight excluding hydrogens is 358 g/mol. The van der Waals surface area contributed by atoms with Crippen molar-refractivity contribution in [1.82, 2.24) is 25.1 Å². The highest BCUT2D eigenvalue weighted by Crippen LogP contribution is 2.23. The first-order chi connectivity index (χ1) is 13.1. The van der Waals surface area contributed by atoms with E-state index in [1.807, 2.05) is 0 Å². The summed E-state index contributed by atoms with van der Waals surface area (Å²) in [6, 6.07) is 6.64. The molecule has 3 aromatic rings. The second kappa shape index (κ2) is 7.48. The van der Waals surface area contributed by atoms with Gasteiger partial charge < -0.3 is 15.5 Å². The predicted octanol–water partition coefficient (Wildman–Crippen LogP) is 3.24. The highest BCUT2D eigenvalue weighted by Gasteiger charge is 2.22. The quantitative estimate of drug-likeness (QED) is 0.601. The van der Waals surface area contributed by atoms with Crippen molar-refractivity contribution in [3.05, 3.63) is 41.9 Å².